The lowest BCUT2D eigenvalue weighted by atomic mass is 10.1. The molecule has 0 saturated carbocycles. The summed E-state index contributed by atoms with van der Waals surface area (Å²) in [5.74, 6) is 0.282. The first-order valence-corrected chi connectivity index (χ1v) is 6.12. The molecule has 0 fully saturated rings. The Morgan fingerprint density at radius 1 is 1.44 bits per heavy atom. The second-order valence-electron chi connectivity index (χ2n) is 4.53. The molecule has 0 radical (unpaired) electrons. The fraction of sp³-hybridized carbons (Fsp3) is 0.500. The van der Waals surface area contributed by atoms with Gasteiger partial charge in [0.15, 0.2) is 0 Å². The van der Waals surface area contributed by atoms with Crippen LogP contribution >= 0.6 is 0 Å². The molecule has 0 atom stereocenters. The van der Waals surface area contributed by atoms with Gasteiger partial charge in [-0.05, 0) is 31.4 Å². The molecule has 2 nitrogen and oxygen atoms in total. The van der Waals surface area contributed by atoms with Gasteiger partial charge < -0.3 is 4.90 Å². The van der Waals surface area contributed by atoms with Crippen molar-refractivity contribution in [3.8, 4) is 0 Å². The summed E-state index contributed by atoms with van der Waals surface area (Å²) in [6.45, 7) is 5.08. The number of carbonyl (C=O) groups excluding carboxylic acids is 1. The predicted octanol–water partition coefficient (Wildman–Crippen LogP) is 3.07. The molecule has 16 heavy (non-hydrogen) atoms. The number of aryl methyl sites for hydroxylation is 1. The van der Waals surface area contributed by atoms with E-state index >= 15 is 0 Å². The number of fused-ring (bicyclic) bond motifs is 1. The van der Waals surface area contributed by atoms with Crippen molar-refractivity contribution in [2.45, 2.75) is 39.5 Å². The number of hydrogen-bond donors (Lipinski definition) is 0. The molecule has 0 N–H and O–H groups in total. The van der Waals surface area contributed by atoms with E-state index in [-0.39, 0.29) is 5.91 Å². The average Bonchev–Trinajstić information content (AvgIpc) is 2.68. The Labute approximate surface area is 97.3 Å². The number of carbonyl (C=O) groups is 1. The zero-order chi connectivity index (χ0) is 11.5. The van der Waals surface area contributed by atoms with Crippen molar-refractivity contribution in [3.63, 3.8) is 0 Å². The number of amides is 1. The van der Waals surface area contributed by atoms with E-state index in [0.717, 1.165) is 31.5 Å². The second-order valence-corrected chi connectivity index (χ2v) is 4.53. The van der Waals surface area contributed by atoms with Crippen molar-refractivity contribution in [3.05, 3.63) is 29.3 Å². The smallest absolute Gasteiger partial charge is 0.226 e. The van der Waals surface area contributed by atoms with Crippen LogP contribution in [0.15, 0.2) is 18.2 Å². The van der Waals surface area contributed by atoms with Gasteiger partial charge in [0.25, 0.3) is 0 Å². The van der Waals surface area contributed by atoms with Crippen molar-refractivity contribution in [2.75, 3.05) is 11.4 Å². The summed E-state index contributed by atoms with van der Waals surface area (Å²) in [4.78, 5) is 13.9. The van der Waals surface area contributed by atoms with E-state index in [0.29, 0.717) is 6.42 Å². The van der Waals surface area contributed by atoms with Gasteiger partial charge >= 0.3 is 0 Å². The number of rotatable bonds is 3. The minimum absolute atomic E-state index is 0.282. The quantitative estimate of drug-likeness (QED) is 0.762. The van der Waals surface area contributed by atoms with Gasteiger partial charge in [-0.25, -0.2) is 0 Å². The summed E-state index contributed by atoms with van der Waals surface area (Å²) in [5, 5.41) is 0. The molecular formula is C14H19NO. The summed E-state index contributed by atoms with van der Waals surface area (Å²) in [7, 11) is 0. The molecule has 0 aromatic heterocycles. The molecule has 0 saturated heterocycles. The highest BCUT2D eigenvalue weighted by atomic mass is 16.2. The van der Waals surface area contributed by atoms with Gasteiger partial charge in [0.1, 0.15) is 0 Å². The van der Waals surface area contributed by atoms with E-state index in [2.05, 4.69) is 32.0 Å². The molecule has 1 amide bonds. The number of benzene rings is 1. The first-order chi connectivity index (χ1) is 7.72. The van der Waals surface area contributed by atoms with Crippen molar-refractivity contribution < 1.29 is 4.79 Å². The predicted molar refractivity (Wildman–Crippen MR) is 66.8 cm³/mol. The van der Waals surface area contributed by atoms with E-state index in [4.69, 9.17) is 0 Å². The molecule has 2 heteroatoms. The zero-order valence-corrected chi connectivity index (χ0v) is 10.1. The zero-order valence-electron chi connectivity index (χ0n) is 10.1. The Morgan fingerprint density at radius 2 is 2.25 bits per heavy atom. The van der Waals surface area contributed by atoms with E-state index in [1.54, 1.807) is 0 Å². The molecule has 86 valence electrons. The fourth-order valence-corrected chi connectivity index (χ4v) is 2.25. The third-order valence-corrected chi connectivity index (χ3v) is 3.18. The van der Waals surface area contributed by atoms with Gasteiger partial charge in [0, 0.05) is 18.7 Å². The maximum absolute atomic E-state index is 12.0. The third-order valence-electron chi connectivity index (χ3n) is 3.18. The van der Waals surface area contributed by atoms with Gasteiger partial charge in [-0.3, -0.25) is 4.79 Å². The molecule has 0 spiro atoms. The lowest BCUT2D eigenvalue weighted by molar-refractivity contribution is -0.118. The minimum Gasteiger partial charge on any atom is -0.312 e. The van der Waals surface area contributed by atoms with Gasteiger partial charge in [0.2, 0.25) is 5.91 Å². The van der Waals surface area contributed by atoms with Gasteiger partial charge in [-0.1, -0.05) is 31.0 Å². The lowest BCUT2D eigenvalue weighted by Gasteiger charge is -2.17. The summed E-state index contributed by atoms with van der Waals surface area (Å²) in [5.41, 5.74) is 3.73. The highest BCUT2D eigenvalue weighted by Crippen LogP contribution is 2.29. The fourth-order valence-electron chi connectivity index (χ4n) is 2.25. The molecule has 1 aromatic carbocycles. The van der Waals surface area contributed by atoms with E-state index in [1.807, 2.05) is 4.90 Å². The minimum atomic E-state index is 0.282. The summed E-state index contributed by atoms with van der Waals surface area (Å²) in [6, 6.07) is 6.37. The number of nitrogens with zero attached hydrogens (tertiary/aromatic N) is 1. The molecule has 0 bridgehead atoms. The summed E-state index contributed by atoms with van der Waals surface area (Å²) in [6.07, 6.45) is 3.77. The molecule has 1 aromatic rings. The lowest BCUT2D eigenvalue weighted by Crippen LogP contribution is -2.28. The summed E-state index contributed by atoms with van der Waals surface area (Å²) >= 11 is 0. The Kier molecular flexibility index (Phi) is 3.28. The maximum Gasteiger partial charge on any atom is 0.226 e. The second kappa shape index (κ2) is 4.69. The van der Waals surface area contributed by atoms with Crippen LogP contribution in [0.3, 0.4) is 0 Å². The van der Waals surface area contributed by atoms with E-state index < -0.39 is 0 Å². The van der Waals surface area contributed by atoms with E-state index in [9.17, 15) is 4.79 Å². The molecule has 1 aliphatic rings. The average molecular weight is 217 g/mol. The van der Waals surface area contributed by atoms with Crippen LogP contribution in [0, 0.1) is 6.92 Å². The maximum atomic E-state index is 12.0. The van der Waals surface area contributed by atoms with Crippen LogP contribution in [0.2, 0.25) is 0 Å². The molecule has 2 rings (SSSR count). The van der Waals surface area contributed by atoms with Crippen molar-refractivity contribution >= 4 is 11.6 Å². The van der Waals surface area contributed by atoms with Crippen molar-refractivity contribution in [2.24, 2.45) is 0 Å². The van der Waals surface area contributed by atoms with E-state index in [1.165, 1.54) is 11.1 Å². The molecule has 0 unspecified atom stereocenters. The Morgan fingerprint density at radius 3 is 3.00 bits per heavy atom. The van der Waals surface area contributed by atoms with Crippen LogP contribution < -0.4 is 4.90 Å². The number of anilines is 1. The largest absolute Gasteiger partial charge is 0.312 e. The monoisotopic (exact) mass is 217 g/mol. The number of unbranched alkanes of at least 4 members (excludes halogenated alkanes) is 1. The highest BCUT2D eigenvalue weighted by molar-refractivity contribution is 5.95. The van der Waals surface area contributed by atoms with Crippen LogP contribution in [0.1, 0.15) is 37.3 Å². The van der Waals surface area contributed by atoms with Crippen LogP contribution in [0.25, 0.3) is 0 Å². The Balaban J connectivity index is 2.14. The van der Waals surface area contributed by atoms with Gasteiger partial charge in [-0.2, -0.15) is 0 Å². The van der Waals surface area contributed by atoms with Crippen LogP contribution in [-0.2, 0) is 11.2 Å². The molecule has 1 heterocycles. The number of hydrogen-bond acceptors (Lipinski definition) is 1. The molecule has 0 aliphatic carbocycles. The molecule has 1 aliphatic heterocycles. The Hall–Kier alpha value is -1.31. The van der Waals surface area contributed by atoms with Crippen LogP contribution in [0.5, 0.6) is 0 Å². The highest BCUT2D eigenvalue weighted by Gasteiger charge is 2.23. The SMILES string of the molecule is CCCCC(=O)N1CCc2cc(C)ccc21. The topological polar surface area (TPSA) is 20.3 Å². The Bertz CT molecular complexity index is 398. The standard InChI is InChI=1S/C14H19NO/c1-3-4-5-14(16)15-9-8-12-10-11(2)6-7-13(12)15/h6-7,10H,3-5,8-9H2,1-2H3. The van der Waals surface area contributed by atoms with Crippen molar-refractivity contribution in [1.82, 2.24) is 0 Å². The van der Waals surface area contributed by atoms with Crippen LogP contribution in [-0.4, -0.2) is 12.5 Å². The van der Waals surface area contributed by atoms with Gasteiger partial charge in [0.05, 0.1) is 0 Å². The third kappa shape index (κ3) is 2.11. The first-order valence-electron chi connectivity index (χ1n) is 6.12. The first kappa shape index (κ1) is 11.2. The van der Waals surface area contributed by atoms with Gasteiger partial charge in [-0.15, -0.1) is 0 Å². The molecular weight excluding hydrogens is 198 g/mol. The normalized spacial score (nSPS) is 14.0. The van der Waals surface area contributed by atoms with Crippen molar-refractivity contribution in [1.29, 1.82) is 0 Å². The summed E-state index contributed by atoms with van der Waals surface area (Å²) < 4.78 is 0. The van der Waals surface area contributed by atoms with Crippen LogP contribution in [0.4, 0.5) is 5.69 Å².